The van der Waals surface area contributed by atoms with Crippen LogP contribution < -0.4 is 5.32 Å². The highest BCUT2D eigenvalue weighted by atomic mass is 16.5. The Kier molecular flexibility index (Phi) is 4.09. The third-order valence-electron chi connectivity index (χ3n) is 4.87. The topological polar surface area (TPSA) is 58.6 Å². The van der Waals surface area contributed by atoms with Crippen molar-refractivity contribution in [1.29, 1.82) is 0 Å². The summed E-state index contributed by atoms with van der Waals surface area (Å²) in [4.78, 5) is 26.2. The smallest absolute Gasteiger partial charge is 0.325 e. The Morgan fingerprint density at radius 2 is 2.15 bits per heavy atom. The summed E-state index contributed by atoms with van der Waals surface area (Å²) in [6.07, 6.45) is 4.42. The van der Waals surface area contributed by atoms with E-state index in [4.69, 9.17) is 4.74 Å². The molecule has 1 heterocycles. The zero-order chi connectivity index (χ0) is 15.0. The molecule has 20 heavy (non-hydrogen) atoms. The first kappa shape index (κ1) is 15.3. The molecular weight excluding hydrogens is 256 g/mol. The van der Waals surface area contributed by atoms with E-state index in [-0.39, 0.29) is 17.5 Å². The molecule has 0 aromatic carbocycles. The number of rotatable bonds is 4. The zero-order valence-electron chi connectivity index (χ0n) is 13.0. The third kappa shape index (κ3) is 2.68. The normalized spacial score (nSPS) is 31.0. The van der Waals surface area contributed by atoms with Gasteiger partial charge < -0.3 is 9.64 Å². The monoisotopic (exact) mass is 282 g/mol. The molecular formula is C15H26N2O3. The second kappa shape index (κ2) is 5.35. The van der Waals surface area contributed by atoms with Crippen LogP contribution >= 0.6 is 0 Å². The quantitative estimate of drug-likeness (QED) is 0.805. The Bertz CT molecular complexity index is 408. The standard InChI is InChI=1S/C15H26N2O3/c1-11-6-5-7-15(10-11)12(18)16-13(19)17(15)9-8-14(2,3)20-4/h11H,5-10H2,1-4H3,(H,16,18,19). The van der Waals surface area contributed by atoms with E-state index < -0.39 is 5.54 Å². The van der Waals surface area contributed by atoms with Crippen LogP contribution in [0.25, 0.3) is 0 Å². The Labute approximate surface area is 121 Å². The second-order valence-electron chi connectivity index (χ2n) is 6.86. The largest absolute Gasteiger partial charge is 0.379 e. The van der Waals surface area contributed by atoms with Crippen molar-refractivity contribution in [2.45, 2.75) is 64.0 Å². The van der Waals surface area contributed by atoms with Crippen molar-refractivity contribution in [3.05, 3.63) is 0 Å². The van der Waals surface area contributed by atoms with Gasteiger partial charge in [-0.2, -0.15) is 0 Å². The summed E-state index contributed by atoms with van der Waals surface area (Å²) in [6.45, 7) is 6.72. The maximum Gasteiger partial charge on any atom is 0.325 e. The second-order valence-corrected chi connectivity index (χ2v) is 6.86. The van der Waals surface area contributed by atoms with Gasteiger partial charge in [0, 0.05) is 13.7 Å². The van der Waals surface area contributed by atoms with E-state index in [1.165, 1.54) is 0 Å². The number of hydrogen-bond donors (Lipinski definition) is 1. The Balaban J connectivity index is 2.15. The van der Waals surface area contributed by atoms with Crippen LogP contribution in [0.3, 0.4) is 0 Å². The van der Waals surface area contributed by atoms with Crippen molar-refractivity contribution in [3.63, 3.8) is 0 Å². The van der Waals surface area contributed by atoms with Crippen molar-refractivity contribution in [3.8, 4) is 0 Å². The van der Waals surface area contributed by atoms with E-state index in [0.717, 1.165) is 32.1 Å². The lowest BCUT2D eigenvalue weighted by atomic mass is 9.75. The van der Waals surface area contributed by atoms with Crippen LogP contribution in [0, 0.1) is 5.92 Å². The molecule has 0 bridgehead atoms. The summed E-state index contributed by atoms with van der Waals surface area (Å²) in [5.41, 5.74) is -0.897. The number of carbonyl (C=O) groups is 2. The lowest BCUT2D eigenvalue weighted by Crippen LogP contribution is -2.53. The highest BCUT2D eigenvalue weighted by Crippen LogP contribution is 2.40. The van der Waals surface area contributed by atoms with Gasteiger partial charge in [-0.05, 0) is 39.0 Å². The number of urea groups is 1. The predicted octanol–water partition coefficient (Wildman–Crippen LogP) is 2.30. The van der Waals surface area contributed by atoms with Gasteiger partial charge in [0.05, 0.1) is 5.60 Å². The van der Waals surface area contributed by atoms with Crippen LogP contribution in [0.15, 0.2) is 0 Å². The average molecular weight is 282 g/mol. The molecule has 1 spiro atoms. The first-order chi connectivity index (χ1) is 9.31. The lowest BCUT2D eigenvalue weighted by Gasteiger charge is -2.41. The summed E-state index contributed by atoms with van der Waals surface area (Å²) in [6, 6.07) is -0.240. The molecule has 2 atom stereocenters. The highest BCUT2D eigenvalue weighted by molar-refractivity contribution is 6.07. The Morgan fingerprint density at radius 1 is 1.45 bits per heavy atom. The van der Waals surface area contributed by atoms with Gasteiger partial charge in [-0.1, -0.05) is 19.8 Å². The molecule has 2 unspecified atom stereocenters. The van der Waals surface area contributed by atoms with Crippen LogP contribution in [-0.4, -0.2) is 41.6 Å². The highest BCUT2D eigenvalue weighted by Gasteiger charge is 2.54. The van der Waals surface area contributed by atoms with Gasteiger partial charge in [0.25, 0.3) is 5.91 Å². The number of imide groups is 1. The Hall–Kier alpha value is -1.10. The molecule has 1 aliphatic carbocycles. The number of carbonyl (C=O) groups excluding carboxylic acids is 2. The van der Waals surface area contributed by atoms with Crippen molar-refractivity contribution < 1.29 is 14.3 Å². The van der Waals surface area contributed by atoms with E-state index in [1.807, 2.05) is 13.8 Å². The molecule has 0 aromatic rings. The van der Waals surface area contributed by atoms with Gasteiger partial charge in [0.1, 0.15) is 5.54 Å². The van der Waals surface area contributed by atoms with Crippen LogP contribution in [0.1, 0.15) is 52.9 Å². The average Bonchev–Trinajstić information content (AvgIpc) is 2.59. The number of nitrogens with zero attached hydrogens (tertiary/aromatic N) is 1. The lowest BCUT2D eigenvalue weighted by molar-refractivity contribution is -0.129. The molecule has 1 N–H and O–H groups in total. The van der Waals surface area contributed by atoms with Crippen LogP contribution in [0.5, 0.6) is 0 Å². The molecule has 0 aromatic heterocycles. The number of methoxy groups -OCH3 is 1. The molecule has 3 amide bonds. The molecule has 1 saturated carbocycles. The number of amides is 3. The number of nitrogens with one attached hydrogen (secondary N) is 1. The number of hydrogen-bond acceptors (Lipinski definition) is 3. The molecule has 2 rings (SSSR count). The molecule has 5 heteroatoms. The zero-order valence-corrected chi connectivity index (χ0v) is 13.0. The van der Waals surface area contributed by atoms with Crippen LogP contribution in [0.2, 0.25) is 0 Å². The minimum absolute atomic E-state index is 0.107. The van der Waals surface area contributed by atoms with E-state index in [9.17, 15) is 9.59 Å². The molecule has 2 aliphatic rings. The number of ether oxygens (including phenoxy) is 1. The van der Waals surface area contributed by atoms with E-state index in [0.29, 0.717) is 12.5 Å². The fourth-order valence-corrected chi connectivity index (χ4v) is 3.37. The first-order valence-electron chi connectivity index (χ1n) is 7.49. The van der Waals surface area contributed by atoms with Crippen molar-refractivity contribution in [1.82, 2.24) is 10.2 Å². The van der Waals surface area contributed by atoms with Gasteiger partial charge in [-0.15, -0.1) is 0 Å². The fourth-order valence-electron chi connectivity index (χ4n) is 3.37. The summed E-state index contributed by atoms with van der Waals surface area (Å²) in [7, 11) is 1.67. The minimum atomic E-state index is -0.613. The predicted molar refractivity (Wildman–Crippen MR) is 76.3 cm³/mol. The Morgan fingerprint density at radius 3 is 2.75 bits per heavy atom. The summed E-state index contributed by atoms with van der Waals surface area (Å²) >= 11 is 0. The van der Waals surface area contributed by atoms with Gasteiger partial charge >= 0.3 is 6.03 Å². The summed E-state index contributed by atoms with van der Waals surface area (Å²) in [5, 5.41) is 2.51. The van der Waals surface area contributed by atoms with Gasteiger partial charge in [-0.25, -0.2) is 4.79 Å². The fraction of sp³-hybridized carbons (Fsp3) is 0.867. The first-order valence-corrected chi connectivity index (χ1v) is 7.49. The molecule has 2 fully saturated rings. The van der Waals surface area contributed by atoms with Gasteiger partial charge in [0.2, 0.25) is 0 Å². The van der Waals surface area contributed by atoms with Crippen molar-refractivity contribution in [2.24, 2.45) is 5.92 Å². The van der Waals surface area contributed by atoms with Gasteiger partial charge in [0.15, 0.2) is 0 Å². The summed E-state index contributed by atoms with van der Waals surface area (Å²) < 4.78 is 5.41. The molecule has 1 aliphatic heterocycles. The molecule has 0 radical (unpaired) electrons. The maximum absolute atomic E-state index is 12.3. The van der Waals surface area contributed by atoms with Crippen molar-refractivity contribution in [2.75, 3.05) is 13.7 Å². The minimum Gasteiger partial charge on any atom is -0.379 e. The third-order valence-corrected chi connectivity index (χ3v) is 4.87. The van der Waals surface area contributed by atoms with E-state index >= 15 is 0 Å². The molecule has 1 saturated heterocycles. The summed E-state index contributed by atoms with van der Waals surface area (Å²) in [5.74, 6) is 0.377. The molecule has 114 valence electrons. The van der Waals surface area contributed by atoms with Crippen LogP contribution in [0.4, 0.5) is 4.79 Å². The van der Waals surface area contributed by atoms with E-state index in [2.05, 4.69) is 12.2 Å². The van der Waals surface area contributed by atoms with Crippen molar-refractivity contribution >= 4 is 11.9 Å². The SMILES string of the molecule is COC(C)(C)CCN1C(=O)NC(=O)C12CCCC(C)C2. The van der Waals surface area contributed by atoms with Gasteiger partial charge in [-0.3, -0.25) is 10.1 Å². The molecule has 5 nitrogen and oxygen atoms in total. The van der Waals surface area contributed by atoms with Crippen LogP contribution in [-0.2, 0) is 9.53 Å². The maximum atomic E-state index is 12.3. The van der Waals surface area contributed by atoms with E-state index in [1.54, 1.807) is 12.0 Å².